The molecule has 8 heteroatoms. The number of halogens is 3. The third kappa shape index (κ3) is 3.46. The third-order valence-corrected chi connectivity index (χ3v) is 3.29. The van der Waals surface area contributed by atoms with Gasteiger partial charge in [-0.2, -0.15) is 21.6 Å². The molecule has 0 saturated carbocycles. The van der Waals surface area contributed by atoms with E-state index in [9.17, 15) is 26.4 Å². The van der Waals surface area contributed by atoms with Crippen LogP contribution in [0, 0.1) is 6.92 Å². The van der Waals surface area contributed by atoms with Crippen LogP contribution in [0.15, 0.2) is 18.2 Å². The highest BCUT2D eigenvalue weighted by atomic mass is 32.2. The molecule has 4 nitrogen and oxygen atoms in total. The lowest BCUT2D eigenvalue weighted by atomic mass is 10.0. The zero-order chi connectivity index (χ0) is 14.8. The molecule has 106 valence electrons. The Morgan fingerprint density at radius 3 is 2.32 bits per heavy atom. The highest BCUT2D eigenvalue weighted by Crippen LogP contribution is 2.28. The van der Waals surface area contributed by atoms with Crippen LogP contribution in [0.5, 0.6) is 5.75 Å². The first-order valence-corrected chi connectivity index (χ1v) is 6.64. The fourth-order valence-electron chi connectivity index (χ4n) is 1.37. The van der Waals surface area contributed by atoms with Gasteiger partial charge in [0.2, 0.25) is 0 Å². The predicted molar refractivity (Wildman–Crippen MR) is 61.4 cm³/mol. The molecule has 0 bridgehead atoms. The van der Waals surface area contributed by atoms with E-state index in [1.807, 2.05) is 0 Å². The van der Waals surface area contributed by atoms with Crippen LogP contribution in [-0.2, 0) is 10.1 Å². The maximum atomic E-state index is 12.1. The Morgan fingerprint density at radius 1 is 1.32 bits per heavy atom. The molecule has 1 rings (SSSR count). The molecule has 0 aliphatic heterocycles. The predicted octanol–water partition coefficient (Wildman–Crippen LogP) is 2.82. The Bertz CT molecular complexity index is 590. The minimum Gasteiger partial charge on any atom is -0.376 e. The lowest BCUT2D eigenvalue weighted by molar-refractivity contribution is -0.0500. The van der Waals surface area contributed by atoms with Crippen LogP contribution < -0.4 is 4.18 Å². The van der Waals surface area contributed by atoms with Gasteiger partial charge in [-0.05, 0) is 30.7 Å². The van der Waals surface area contributed by atoms with Gasteiger partial charge in [0, 0.05) is 12.0 Å². The summed E-state index contributed by atoms with van der Waals surface area (Å²) in [4.78, 5) is 11.5. The Labute approximate surface area is 108 Å². The minimum atomic E-state index is -5.69. The van der Waals surface area contributed by atoms with E-state index in [2.05, 4.69) is 4.18 Å². The number of rotatable bonds is 4. The van der Waals surface area contributed by atoms with Gasteiger partial charge in [0.15, 0.2) is 5.78 Å². The normalized spacial score (nSPS) is 12.3. The topological polar surface area (TPSA) is 60.4 Å². The van der Waals surface area contributed by atoms with E-state index in [1.54, 1.807) is 6.92 Å². The molecule has 0 radical (unpaired) electrons. The van der Waals surface area contributed by atoms with Crippen molar-refractivity contribution in [2.24, 2.45) is 0 Å². The first kappa shape index (κ1) is 15.5. The van der Waals surface area contributed by atoms with Gasteiger partial charge in [0.1, 0.15) is 5.75 Å². The number of hydrogen-bond acceptors (Lipinski definition) is 4. The summed E-state index contributed by atoms with van der Waals surface area (Å²) >= 11 is 0. The van der Waals surface area contributed by atoms with Crippen molar-refractivity contribution in [1.82, 2.24) is 0 Å². The summed E-state index contributed by atoms with van der Waals surface area (Å²) in [5.74, 6) is -0.676. The number of Topliss-reactive ketones (excluding diaryl/α,β-unsaturated/α-hetero) is 1. The molecule has 1 aromatic rings. The molecule has 0 fully saturated rings. The molecule has 1 aromatic carbocycles. The molecule has 0 aliphatic carbocycles. The highest BCUT2D eigenvalue weighted by Gasteiger charge is 2.48. The number of alkyl halides is 3. The first-order chi connectivity index (χ1) is 8.58. The fourth-order valence-corrected chi connectivity index (χ4v) is 1.82. The second-order valence-electron chi connectivity index (χ2n) is 3.74. The van der Waals surface area contributed by atoms with E-state index in [1.165, 1.54) is 13.0 Å². The standard InChI is InChI=1S/C11H11F3O4S/c1-3-10(15)9-5-4-8(6-7(9)2)18-19(16,17)11(12,13)14/h4-6H,3H2,1-2H3. The summed E-state index contributed by atoms with van der Waals surface area (Å²) in [5, 5.41) is 0. The fraction of sp³-hybridized carbons (Fsp3) is 0.364. The Morgan fingerprint density at radius 2 is 1.89 bits per heavy atom. The highest BCUT2D eigenvalue weighted by molar-refractivity contribution is 7.87. The van der Waals surface area contributed by atoms with Gasteiger partial charge in [-0.1, -0.05) is 6.92 Å². The van der Waals surface area contributed by atoms with Gasteiger partial charge < -0.3 is 4.18 Å². The lowest BCUT2D eigenvalue weighted by Crippen LogP contribution is -2.28. The molecule has 0 aliphatic rings. The van der Waals surface area contributed by atoms with Crippen LogP contribution in [0.25, 0.3) is 0 Å². The van der Waals surface area contributed by atoms with Crippen LogP contribution >= 0.6 is 0 Å². The van der Waals surface area contributed by atoms with Gasteiger partial charge in [0.05, 0.1) is 0 Å². The summed E-state index contributed by atoms with van der Waals surface area (Å²) in [6.07, 6.45) is 0.238. The van der Waals surface area contributed by atoms with E-state index >= 15 is 0 Å². The van der Waals surface area contributed by atoms with Crippen LogP contribution in [0.3, 0.4) is 0 Å². The van der Waals surface area contributed by atoms with Crippen LogP contribution in [0.4, 0.5) is 13.2 Å². The molecular formula is C11H11F3O4S. The third-order valence-electron chi connectivity index (χ3n) is 2.31. The summed E-state index contributed by atoms with van der Waals surface area (Å²) in [6.45, 7) is 3.12. The van der Waals surface area contributed by atoms with Gasteiger partial charge in [-0.25, -0.2) is 0 Å². The Balaban J connectivity index is 3.07. The molecule has 0 spiro atoms. The molecule has 0 amide bonds. The maximum Gasteiger partial charge on any atom is 0.534 e. The number of ketones is 1. The van der Waals surface area contributed by atoms with Gasteiger partial charge in [-0.3, -0.25) is 4.79 Å². The number of hydrogen-bond donors (Lipinski definition) is 0. The minimum absolute atomic E-state index is 0.192. The second-order valence-corrected chi connectivity index (χ2v) is 5.27. The number of benzene rings is 1. The van der Waals surface area contributed by atoms with E-state index in [0.29, 0.717) is 11.1 Å². The van der Waals surface area contributed by atoms with E-state index in [-0.39, 0.29) is 12.2 Å². The SMILES string of the molecule is CCC(=O)c1ccc(OS(=O)(=O)C(F)(F)F)cc1C. The number of carbonyl (C=O) groups excluding carboxylic acids is 1. The average molecular weight is 296 g/mol. The van der Waals surface area contributed by atoms with Crippen molar-refractivity contribution in [3.8, 4) is 5.75 Å². The summed E-state index contributed by atoms with van der Waals surface area (Å²) in [7, 11) is -5.69. The molecule has 0 heterocycles. The second kappa shape index (κ2) is 5.20. The number of aryl methyl sites for hydroxylation is 1. The van der Waals surface area contributed by atoms with Crippen LogP contribution in [0.1, 0.15) is 29.3 Å². The maximum absolute atomic E-state index is 12.1. The summed E-state index contributed by atoms with van der Waals surface area (Å²) in [5.41, 5.74) is -4.82. The smallest absolute Gasteiger partial charge is 0.376 e. The zero-order valence-corrected chi connectivity index (χ0v) is 10.9. The lowest BCUT2D eigenvalue weighted by Gasteiger charge is -2.11. The molecule has 0 aromatic heterocycles. The van der Waals surface area contributed by atoms with Crippen LogP contribution in [0.2, 0.25) is 0 Å². The van der Waals surface area contributed by atoms with Crippen molar-refractivity contribution < 1.29 is 30.6 Å². The average Bonchev–Trinajstić information content (AvgIpc) is 2.26. The Kier molecular flexibility index (Phi) is 4.24. The van der Waals surface area contributed by atoms with Crippen LogP contribution in [-0.4, -0.2) is 19.7 Å². The monoisotopic (exact) mass is 296 g/mol. The van der Waals surface area contributed by atoms with Gasteiger partial charge in [0.25, 0.3) is 0 Å². The van der Waals surface area contributed by atoms with Gasteiger partial charge >= 0.3 is 15.6 Å². The molecule has 19 heavy (non-hydrogen) atoms. The molecule has 0 unspecified atom stereocenters. The van der Waals surface area contributed by atoms with E-state index < -0.39 is 21.4 Å². The van der Waals surface area contributed by atoms with Crippen molar-refractivity contribution >= 4 is 15.9 Å². The summed E-state index contributed by atoms with van der Waals surface area (Å²) in [6, 6.07) is 3.33. The summed E-state index contributed by atoms with van der Waals surface area (Å²) < 4.78 is 61.9. The number of carbonyl (C=O) groups is 1. The molecule has 0 saturated heterocycles. The van der Waals surface area contributed by atoms with Gasteiger partial charge in [-0.15, -0.1) is 0 Å². The molecule has 0 N–H and O–H groups in total. The van der Waals surface area contributed by atoms with E-state index in [4.69, 9.17) is 0 Å². The zero-order valence-electron chi connectivity index (χ0n) is 10.1. The quantitative estimate of drug-likeness (QED) is 0.487. The van der Waals surface area contributed by atoms with Crippen molar-refractivity contribution in [3.63, 3.8) is 0 Å². The molecular weight excluding hydrogens is 285 g/mol. The van der Waals surface area contributed by atoms with Crippen molar-refractivity contribution in [2.75, 3.05) is 0 Å². The van der Waals surface area contributed by atoms with E-state index in [0.717, 1.165) is 12.1 Å². The van der Waals surface area contributed by atoms with Crippen molar-refractivity contribution in [3.05, 3.63) is 29.3 Å². The molecule has 0 atom stereocenters. The largest absolute Gasteiger partial charge is 0.534 e. The van der Waals surface area contributed by atoms with Crippen molar-refractivity contribution in [2.45, 2.75) is 25.8 Å². The first-order valence-electron chi connectivity index (χ1n) is 5.23. The van der Waals surface area contributed by atoms with Crippen molar-refractivity contribution in [1.29, 1.82) is 0 Å². The Hall–Kier alpha value is -1.57.